The summed E-state index contributed by atoms with van der Waals surface area (Å²) in [5.41, 5.74) is 5.42. The van der Waals surface area contributed by atoms with Gasteiger partial charge < -0.3 is 20.9 Å². The van der Waals surface area contributed by atoms with Crippen molar-refractivity contribution in [2.75, 3.05) is 26.3 Å². The van der Waals surface area contributed by atoms with E-state index in [1.54, 1.807) is 0 Å². The summed E-state index contributed by atoms with van der Waals surface area (Å²) < 4.78 is 5.28. The molecule has 4 nitrogen and oxygen atoms in total. The van der Waals surface area contributed by atoms with Gasteiger partial charge in [-0.05, 0) is 13.3 Å². The zero-order valence-electron chi connectivity index (χ0n) is 9.33. The Hall–Kier alpha value is -0.160. The van der Waals surface area contributed by atoms with Gasteiger partial charge in [0.15, 0.2) is 0 Å². The van der Waals surface area contributed by atoms with Gasteiger partial charge in [-0.3, -0.25) is 0 Å². The second-order valence-corrected chi connectivity index (χ2v) is 3.63. The summed E-state index contributed by atoms with van der Waals surface area (Å²) in [4.78, 5) is 0. The van der Waals surface area contributed by atoms with Gasteiger partial charge in [-0.2, -0.15) is 0 Å². The highest BCUT2D eigenvalue weighted by Crippen LogP contribution is 1.90. The van der Waals surface area contributed by atoms with E-state index in [0.717, 1.165) is 19.4 Å². The van der Waals surface area contributed by atoms with E-state index in [1.165, 1.54) is 0 Å². The molecule has 0 aliphatic rings. The molecule has 0 aromatic carbocycles. The maximum absolute atomic E-state index is 9.46. The van der Waals surface area contributed by atoms with Crippen molar-refractivity contribution in [3.63, 3.8) is 0 Å². The molecule has 0 aliphatic heterocycles. The third-order valence-electron chi connectivity index (χ3n) is 2.01. The Balaban J connectivity index is 3.23. The Bertz CT molecular complexity index is 123. The molecule has 0 aromatic rings. The quantitative estimate of drug-likeness (QED) is 0.466. The fraction of sp³-hybridized carbons (Fsp3) is 1.00. The van der Waals surface area contributed by atoms with E-state index in [4.69, 9.17) is 10.5 Å². The van der Waals surface area contributed by atoms with Crippen molar-refractivity contribution in [2.45, 2.75) is 38.8 Å². The first-order valence-electron chi connectivity index (χ1n) is 5.40. The monoisotopic (exact) mass is 204 g/mol. The van der Waals surface area contributed by atoms with Crippen LogP contribution in [0.15, 0.2) is 0 Å². The molecule has 0 saturated heterocycles. The number of nitrogens with one attached hydrogen (secondary N) is 1. The van der Waals surface area contributed by atoms with E-state index >= 15 is 0 Å². The third-order valence-corrected chi connectivity index (χ3v) is 2.01. The van der Waals surface area contributed by atoms with Crippen molar-refractivity contribution in [1.82, 2.24) is 5.32 Å². The number of rotatable bonds is 9. The number of ether oxygens (including phenoxy) is 1. The topological polar surface area (TPSA) is 67.5 Å². The van der Waals surface area contributed by atoms with Crippen LogP contribution in [0.25, 0.3) is 0 Å². The molecule has 0 fully saturated rings. The smallest absolute Gasteiger partial charge is 0.0897 e. The van der Waals surface area contributed by atoms with Crippen molar-refractivity contribution in [1.29, 1.82) is 0 Å². The van der Waals surface area contributed by atoms with Crippen molar-refractivity contribution < 1.29 is 9.84 Å². The first-order chi connectivity index (χ1) is 6.70. The van der Waals surface area contributed by atoms with Gasteiger partial charge in [-0.1, -0.05) is 13.3 Å². The Morgan fingerprint density at radius 1 is 1.50 bits per heavy atom. The molecule has 14 heavy (non-hydrogen) atoms. The van der Waals surface area contributed by atoms with Gasteiger partial charge in [0.25, 0.3) is 0 Å². The standard InChI is InChI=1S/C10H24N2O2/c1-3-4-5-14-8-10(13)7-12-9(2)6-11/h9-10,12-13H,3-8,11H2,1-2H3. The molecule has 0 aliphatic carbocycles. The lowest BCUT2D eigenvalue weighted by Gasteiger charge is -2.15. The summed E-state index contributed by atoms with van der Waals surface area (Å²) >= 11 is 0. The molecule has 4 heteroatoms. The van der Waals surface area contributed by atoms with Crippen molar-refractivity contribution in [2.24, 2.45) is 5.73 Å². The highest BCUT2D eigenvalue weighted by molar-refractivity contribution is 4.64. The van der Waals surface area contributed by atoms with Crippen molar-refractivity contribution in [3.8, 4) is 0 Å². The summed E-state index contributed by atoms with van der Waals surface area (Å²) in [5.74, 6) is 0. The number of aliphatic hydroxyl groups excluding tert-OH is 1. The molecule has 86 valence electrons. The summed E-state index contributed by atoms with van der Waals surface area (Å²) in [6, 6.07) is 0.250. The highest BCUT2D eigenvalue weighted by Gasteiger charge is 2.05. The Labute approximate surface area is 86.8 Å². The number of hydrogen-bond acceptors (Lipinski definition) is 4. The van der Waals surface area contributed by atoms with E-state index in [2.05, 4.69) is 12.2 Å². The summed E-state index contributed by atoms with van der Waals surface area (Å²) in [7, 11) is 0. The molecule has 0 bridgehead atoms. The molecular formula is C10H24N2O2. The lowest BCUT2D eigenvalue weighted by molar-refractivity contribution is 0.0349. The largest absolute Gasteiger partial charge is 0.389 e. The van der Waals surface area contributed by atoms with Gasteiger partial charge >= 0.3 is 0 Å². The highest BCUT2D eigenvalue weighted by atomic mass is 16.5. The molecule has 0 amide bonds. The maximum Gasteiger partial charge on any atom is 0.0897 e. The number of aliphatic hydroxyl groups is 1. The van der Waals surface area contributed by atoms with Gasteiger partial charge in [0, 0.05) is 25.7 Å². The Kier molecular flexibility index (Phi) is 9.29. The number of hydrogen-bond donors (Lipinski definition) is 3. The van der Waals surface area contributed by atoms with Gasteiger partial charge in [-0.15, -0.1) is 0 Å². The van der Waals surface area contributed by atoms with Gasteiger partial charge in [-0.25, -0.2) is 0 Å². The van der Waals surface area contributed by atoms with E-state index < -0.39 is 6.10 Å². The van der Waals surface area contributed by atoms with E-state index in [0.29, 0.717) is 19.7 Å². The van der Waals surface area contributed by atoms with E-state index in [1.807, 2.05) is 6.92 Å². The molecule has 2 unspecified atom stereocenters. The molecule has 2 atom stereocenters. The molecule has 0 spiro atoms. The molecule has 0 rings (SSSR count). The average Bonchev–Trinajstić information content (AvgIpc) is 2.21. The maximum atomic E-state index is 9.46. The first-order valence-corrected chi connectivity index (χ1v) is 5.40. The van der Waals surface area contributed by atoms with E-state index in [-0.39, 0.29) is 6.04 Å². The Morgan fingerprint density at radius 3 is 2.79 bits per heavy atom. The first kappa shape index (κ1) is 13.8. The normalized spacial score (nSPS) is 15.4. The molecule has 0 aromatic heterocycles. The molecule has 0 saturated carbocycles. The molecule has 0 radical (unpaired) electrons. The van der Waals surface area contributed by atoms with Crippen LogP contribution in [0.1, 0.15) is 26.7 Å². The van der Waals surface area contributed by atoms with Crippen LogP contribution in [0.4, 0.5) is 0 Å². The predicted octanol–water partition coefficient (Wildman–Crippen LogP) is 0.101. The minimum Gasteiger partial charge on any atom is -0.389 e. The second kappa shape index (κ2) is 9.40. The summed E-state index contributed by atoms with van der Waals surface area (Å²) in [6.45, 7) is 6.38. The average molecular weight is 204 g/mol. The van der Waals surface area contributed by atoms with Crippen molar-refractivity contribution >= 4 is 0 Å². The van der Waals surface area contributed by atoms with Crippen LogP contribution in [0.5, 0.6) is 0 Å². The molecular weight excluding hydrogens is 180 g/mol. The van der Waals surface area contributed by atoms with Crippen LogP contribution in [-0.2, 0) is 4.74 Å². The lowest BCUT2D eigenvalue weighted by atomic mass is 10.3. The van der Waals surface area contributed by atoms with Crippen LogP contribution in [0.2, 0.25) is 0 Å². The van der Waals surface area contributed by atoms with E-state index in [9.17, 15) is 5.11 Å². The third kappa shape index (κ3) is 8.44. The van der Waals surface area contributed by atoms with Crippen LogP contribution < -0.4 is 11.1 Å². The summed E-state index contributed by atoms with van der Waals surface area (Å²) in [5, 5.41) is 12.6. The minimum absolute atomic E-state index is 0.250. The fourth-order valence-corrected chi connectivity index (χ4v) is 0.945. The number of nitrogens with two attached hydrogens (primary N) is 1. The van der Waals surface area contributed by atoms with Gasteiger partial charge in [0.05, 0.1) is 12.7 Å². The molecule has 4 N–H and O–H groups in total. The minimum atomic E-state index is -0.430. The van der Waals surface area contributed by atoms with Gasteiger partial charge in [0.1, 0.15) is 0 Å². The predicted molar refractivity (Wildman–Crippen MR) is 58.3 cm³/mol. The van der Waals surface area contributed by atoms with Crippen LogP contribution in [0.3, 0.4) is 0 Å². The lowest BCUT2D eigenvalue weighted by Crippen LogP contribution is -2.39. The summed E-state index contributed by atoms with van der Waals surface area (Å²) in [6.07, 6.45) is 1.75. The van der Waals surface area contributed by atoms with Crippen LogP contribution in [-0.4, -0.2) is 43.6 Å². The Morgan fingerprint density at radius 2 is 2.21 bits per heavy atom. The number of unbranched alkanes of at least 4 members (excludes halogenated alkanes) is 1. The fourth-order valence-electron chi connectivity index (χ4n) is 0.945. The van der Waals surface area contributed by atoms with Crippen LogP contribution in [0, 0.1) is 0 Å². The zero-order valence-corrected chi connectivity index (χ0v) is 9.33. The van der Waals surface area contributed by atoms with Crippen LogP contribution >= 0.6 is 0 Å². The van der Waals surface area contributed by atoms with Gasteiger partial charge in [0.2, 0.25) is 0 Å². The SMILES string of the molecule is CCCCOCC(O)CNC(C)CN. The van der Waals surface area contributed by atoms with Crippen molar-refractivity contribution in [3.05, 3.63) is 0 Å². The zero-order chi connectivity index (χ0) is 10.8. The molecule has 0 heterocycles. The second-order valence-electron chi connectivity index (χ2n) is 3.63.